The lowest BCUT2D eigenvalue weighted by atomic mass is 9.93. The third-order valence-electron chi connectivity index (χ3n) is 7.18. The second-order valence-electron chi connectivity index (χ2n) is 9.63. The van der Waals surface area contributed by atoms with Crippen LogP contribution in [0.25, 0.3) is 5.69 Å². The Hall–Kier alpha value is -4.88. The van der Waals surface area contributed by atoms with Gasteiger partial charge in [-0.25, -0.2) is 14.7 Å². The molecule has 40 heavy (non-hydrogen) atoms. The minimum Gasteiger partial charge on any atom is -0.497 e. The Kier molecular flexibility index (Phi) is 5.86. The van der Waals surface area contributed by atoms with Gasteiger partial charge in [0.25, 0.3) is 0 Å². The summed E-state index contributed by atoms with van der Waals surface area (Å²) in [5, 5.41) is 9.19. The molecule has 0 aliphatic carbocycles. The molecule has 5 aromatic rings. The maximum absolute atomic E-state index is 6.33. The van der Waals surface area contributed by atoms with Gasteiger partial charge in [-0.3, -0.25) is 0 Å². The molecule has 0 spiro atoms. The van der Waals surface area contributed by atoms with Crippen LogP contribution in [0, 0.1) is 6.92 Å². The normalized spacial score (nSPS) is 15.4. The lowest BCUT2D eigenvalue weighted by Gasteiger charge is -2.40. The number of benzene rings is 4. The van der Waals surface area contributed by atoms with Gasteiger partial charge in [0.05, 0.1) is 35.9 Å². The third kappa shape index (κ3) is 4.03. The van der Waals surface area contributed by atoms with Crippen molar-refractivity contribution in [3.8, 4) is 11.4 Å². The molecule has 196 valence electrons. The number of fused-ring (bicyclic) bond motifs is 4. The van der Waals surface area contributed by atoms with Gasteiger partial charge in [-0.1, -0.05) is 54.1 Å². The van der Waals surface area contributed by atoms with E-state index in [9.17, 15) is 0 Å². The highest BCUT2D eigenvalue weighted by molar-refractivity contribution is 6.51. The Balaban J connectivity index is 1.47. The highest BCUT2D eigenvalue weighted by Gasteiger charge is 2.41. The molecule has 0 saturated heterocycles. The largest absolute Gasteiger partial charge is 0.497 e. The summed E-state index contributed by atoms with van der Waals surface area (Å²) in [6, 6.07) is 33.8. The SMILES string of the molecule is COc1ccc(NC2=Nc3ccccc3N3C2=Nc2c(c(C)nn2-c2ccccc2)[C@@H]3c2ccc(Cl)cc2)cc1. The maximum atomic E-state index is 6.33. The van der Waals surface area contributed by atoms with Gasteiger partial charge in [0.2, 0.25) is 0 Å². The van der Waals surface area contributed by atoms with Crippen molar-refractivity contribution in [1.82, 2.24) is 9.78 Å². The average Bonchev–Trinajstić information content (AvgIpc) is 3.33. The van der Waals surface area contributed by atoms with E-state index in [1.807, 2.05) is 96.5 Å². The number of nitrogens with zero attached hydrogens (tertiary/aromatic N) is 5. The quantitative estimate of drug-likeness (QED) is 0.252. The number of amidine groups is 2. The summed E-state index contributed by atoms with van der Waals surface area (Å²) in [6.07, 6.45) is 0. The lowest BCUT2D eigenvalue weighted by Crippen LogP contribution is -2.46. The van der Waals surface area contributed by atoms with E-state index in [4.69, 9.17) is 31.4 Å². The summed E-state index contributed by atoms with van der Waals surface area (Å²) in [6.45, 7) is 2.04. The van der Waals surface area contributed by atoms with Crippen molar-refractivity contribution < 1.29 is 4.74 Å². The Morgan fingerprint density at radius 3 is 2.30 bits per heavy atom. The number of hydrogen-bond acceptors (Lipinski definition) is 6. The molecule has 7 rings (SSSR count). The molecule has 7 nitrogen and oxygen atoms in total. The zero-order valence-electron chi connectivity index (χ0n) is 21.9. The minimum atomic E-state index is -0.207. The van der Waals surface area contributed by atoms with Gasteiger partial charge in [-0.05, 0) is 73.2 Å². The van der Waals surface area contributed by atoms with E-state index in [-0.39, 0.29) is 6.04 Å². The van der Waals surface area contributed by atoms with Gasteiger partial charge >= 0.3 is 0 Å². The monoisotopic (exact) mass is 544 g/mol. The highest BCUT2D eigenvalue weighted by Crippen LogP contribution is 2.48. The van der Waals surface area contributed by atoms with Crippen molar-refractivity contribution in [2.24, 2.45) is 9.98 Å². The summed E-state index contributed by atoms with van der Waals surface area (Å²) in [5.41, 5.74) is 6.67. The van der Waals surface area contributed by atoms with E-state index in [0.717, 1.165) is 51.1 Å². The van der Waals surface area contributed by atoms with E-state index in [0.29, 0.717) is 16.7 Å². The van der Waals surface area contributed by atoms with Gasteiger partial charge in [0.1, 0.15) is 5.75 Å². The van der Waals surface area contributed by atoms with Crippen molar-refractivity contribution in [3.63, 3.8) is 0 Å². The molecule has 3 heterocycles. The first kappa shape index (κ1) is 24.2. The van der Waals surface area contributed by atoms with Crippen LogP contribution < -0.4 is 15.0 Å². The summed E-state index contributed by atoms with van der Waals surface area (Å²) in [5.74, 6) is 2.91. The summed E-state index contributed by atoms with van der Waals surface area (Å²) in [4.78, 5) is 12.6. The van der Waals surface area contributed by atoms with Crippen molar-refractivity contribution in [2.45, 2.75) is 13.0 Å². The molecular formula is C32H25ClN6O. The van der Waals surface area contributed by atoms with Crippen LogP contribution in [0.2, 0.25) is 5.02 Å². The molecule has 8 heteroatoms. The fourth-order valence-corrected chi connectivity index (χ4v) is 5.44. The number of para-hydroxylation sites is 3. The van der Waals surface area contributed by atoms with Crippen LogP contribution >= 0.6 is 11.6 Å². The number of halogens is 1. The van der Waals surface area contributed by atoms with Crippen LogP contribution in [0.1, 0.15) is 22.9 Å². The number of hydrogen-bond donors (Lipinski definition) is 1. The van der Waals surface area contributed by atoms with Crippen LogP contribution in [-0.2, 0) is 0 Å². The Morgan fingerprint density at radius 2 is 1.55 bits per heavy atom. The van der Waals surface area contributed by atoms with E-state index in [2.05, 4.69) is 28.4 Å². The number of ether oxygens (including phenoxy) is 1. The van der Waals surface area contributed by atoms with Crippen LogP contribution in [0.15, 0.2) is 113 Å². The number of aliphatic imine (C=N–C) groups is 2. The van der Waals surface area contributed by atoms with Gasteiger partial charge in [-0.2, -0.15) is 5.10 Å². The third-order valence-corrected chi connectivity index (χ3v) is 7.43. The Labute approximate surface area is 237 Å². The van der Waals surface area contributed by atoms with Gasteiger partial charge < -0.3 is 15.0 Å². The van der Waals surface area contributed by atoms with E-state index in [1.165, 1.54) is 0 Å². The molecular weight excluding hydrogens is 520 g/mol. The molecule has 0 fully saturated rings. The second kappa shape index (κ2) is 9.70. The highest BCUT2D eigenvalue weighted by atomic mass is 35.5. The first-order chi connectivity index (χ1) is 19.6. The number of methoxy groups -OCH3 is 1. The first-order valence-electron chi connectivity index (χ1n) is 13.0. The fraction of sp³-hybridized carbons (Fsp3) is 0.0938. The van der Waals surface area contributed by atoms with Crippen molar-refractivity contribution in [2.75, 3.05) is 17.3 Å². The van der Waals surface area contributed by atoms with Gasteiger partial charge in [0, 0.05) is 16.3 Å². The number of aryl methyl sites for hydroxylation is 1. The van der Waals surface area contributed by atoms with Crippen molar-refractivity contribution in [1.29, 1.82) is 0 Å². The van der Waals surface area contributed by atoms with E-state index in [1.54, 1.807) is 7.11 Å². The topological polar surface area (TPSA) is 67.0 Å². The zero-order valence-corrected chi connectivity index (χ0v) is 22.7. The maximum Gasteiger partial charge on any atom is 0.179 e. The molecule has 0 amide bonds. The molecule has 0 unspecified atom stereocenters. The van der Waals surface area contributed by atoms with Crippen LogP contribution in [0.4, 0.5) is 22.9 Å². The molecule has 0 bridgehead atoms. The molecule has 0 saturated carbocycles. The number of aromatic nitrogens is 2. The fourth-order valence-electron chi connectivity index (χ4n) is 5.32. The predicted octanol–water partition coefficient (Wildman–Crippen LogP) is 7.64. The Bertz CT molecular complexity index is 1780. The first-order valence-corrected chi connectivity index (χ1v) is 13.4. The number of rotatable bonds is 4. The minimum absolute atomic E-state index is 0.207. The molecule has 1 aromatic heterocycles. The molecule has 4 aromatic carbocycles. The van der Waals surface area contributed by atoms with E-state index >= 15 is 0 Å². The summed E-state index contributed by atoms with van der Waals surface area (Å²) < 4.78 is 7.27. The van der Waals surface area contributed by atoms with Crippen LogP contribution in [0.3, 0.4) is 0 Å². The Morgan fingerprint density at radius 1 is 0.825 bits per heavy atom. The molecule has 2 aliphatic rings. The number of anilines is 2. The molecule has 1 N–H and O–H groups in total. The molecule has 2 aliphatic heterocycles. The summed E-state index contributed by atoms with van der Waals surface area (Å²) >= 11 is 6.33. The zero-order chi connectivity index (χ0) is 27.2. The van der Waals surface area contributed by atoms with Crippen molar-refractivity contribution in [3.05, 3.63) is 125 Å². The lowest BCUT2D eigenvalue weighted by molar-refractivity contribution is 0.415. The standard InChI is InChI=1S/C32H25ClN6O/c1-20-28-29(21-12-14-22(33)15-13-21)38-27-11-7-6-10-26(27)35-30(34-23-16-18-25(40-2)19-17-23)32(38)36-31(28)39(37-20)24-8-4-3-5-9-24/h3-19,29H,1-2H3,(H,34,35)/t29-/m0/s1. The smallest absolute Gasteiger partial charge is 0.179 e. The van der Waals surface area contributed by atoms with Crippen molar-refractivity contribution >= 4 is 46.2 Å². The van der Waals surface area contributed by atoms with Crippen LogP contribution in [0.5, 0.6) is 5.75 Å². The van der Waals surface area contributed by atoms with Crippen LogP contribution in [-0.4, -0.2) is 28.6 Å². The summed E-state index contributed by atoms with van der Waals surface area (Å²) in [7, 11) is 1.66. The van der Waals surface area contributed by atoms with Gasteiger partial charge in [-0.15, -0.1) is 0 Å². The van der Waals surface area contributed by atoms with E-state index < -0.39 is 0 Å². The second-order valence-corrected chi connectivity index (χ2v) is 10.1. The average molecular weight is 545 g/mol. The molecule has 1 atom stereocenters. The predicted molar refractivity (Wildman–Crippen MR) is 161 cm³/mol. The number of nitrogens with one attached hydrogen (secondary N) is 1. The van der Waals surface area contributed by atoms with Gasteiger partial charge in [0.15, 0.2) is 17.5 Å². The molecule has 0 radical (unpaired) electrons.